The fourth-order valence-corrected chi connectivity index (χ4v) is 2.79. The molecule has 0 aliphatic carbocycles. The van der Waals surface area contributed by atoms with E-state index >= 15 is 0 Å². The zero-order valence-electron chi connectivity index (χ0n) is 11.4. The molecule has 1 aliphatic rings. The van der Waals surface area contributed by atoms with E-state index in [1.54, 1.807) is 31.4 Å². The molecule has 0 radical (unpaired) electrons. The Balaban J connectivity index is 2.05. The van der Waals surface area contributed by atoms with Crippen LogP contribution in [0.4, 0.5) is 5.69 Å². The second-order valence-electron chi connectivity index (χ2n) is 4.99. The molecule has 1 heterocycles. The van der Waals surface area contributed by atoms with Crippen molar-refractivity contribution in [2.75, 3.05) is 12.4 Å². The monoisotopic (exact) mass is 303 g/mol. The van der Waals surface area contributed by atoms with Crippen LogP contribution in [0.25, 0.3) is 0 Å². The summed E-state index contributed by atoms with van der Waals surface area (Å²) >= 11 is 5.99. The van der Waals surface area contributed by atoms with E-state index in [4.69, 9.17) is 16.3 Å². The van der Waals surface area contributed by atoms with Crippen molar-refractivity contribution in [2.24, 2.45) is 0 Å². The Hall–Kier alpha value is -2.04. The minimum atomic E-state index is -1.64. The number of para-hydroxylation sites is 1. The fraction of sp³-hybridized carbons (Fsp3) is 0.188. The summed E-state index contributed by atoms with van der Waals surface area (Å²) in [4.78, 5) is 12.2. The predicted octanol–water partition coefficient (Wildman–Crippen LogP) is 2.73. The first kappa shape index (κ1) is 13.9. The maximum absolute atomic E-state index is 12.2. The minimum absolute atomic E-state index is 0.121. The number of carbonyl (C=O) groups excluding carboxylic acids is 1. The summed E-state index contributed by atoms with van der Waals surface area (Å²) in [6.45, 7) is 0. The molecule has 0 aromatic heterocycles. The van der Waals surface area contributed by atoms with E-state index in [-0.39, 0.29) is 6.42 Å². The Morgan fingerprint density at radius 2 is 2.05 bits per heavy atom. The van der Waals surface area contributed by atoms with Crippen LogP contribution in [0.15, 0.2) is 42.5 Å². The third-order valence-corrected chi connectivity index (χ3v) is 3.92. The minimum Gasteiger partial charge on any atom is -0.496 e. The number of amides is 1. The lowest BCUT2D eigenvalue weighted by molar-refractivity contribution is -0.133. The van der Waals surface area contributed by atoms with Gasteiger partial charge in [0, 0.05) is 22.7 Å². The van der Waals surface area contributed by atoms with Crippen molar-refractivity contribution in [3.05, 3.63) is 58.6 Å². The number of ether oxygens (including phenoxy) is 1. The second-order valence-corrected chi connectivity index (χ2v) is 5.43. The van der Waals surface area contributed by atoms with Crippen LogP contribution in [-0.2, 0) is 16.8 Å². The summed E-state index contributed by atoms with van der Waals surface area (Å²) in [7, 11) is 1.56. The molecule has 3 rings (SSSR count). The van der Waals surface area contributed by atoms with Gasteiger partial charge in [0.25, 0.3) is 5.91 Å². The Labute approximate surface area is 127 Å². The van der Waals surface area contributed by atoms with Crippen LogP contribution >= 0.6 is 11.6 Å². The molecule has 2 N–H and O–H groups in total. The van der Waals surface area contributed by atoms with E-state index in [2.05, 4.69) is 5.32 Å². The number of halogens is 1. The topological polar surface area (TPSA) is 58.6 Å². The summed E-state index contributed by atoms with van der Waals surface area (Å²) < 4.78 is 5.28. The number of hydrogen-bond acceptors (Lipinski definition) is 3. The Kier molecular flexibility index (Phi) is 3.35. The highest BCUT2D eigenvalue weighted by molar-refractivity contribution is 6.31. The van der Waals surface area contributed by atoms with Gasteiger partial charge in [0.2, 0.25) is 0 Å². The zero-order chi connectivity index (χ0) is 15.0. The van der Waals surface area contributed by atoms with E-state index in [1.165, 1.54) is 0 Å². The number of nitrogens with one attached hydrogen (secondary N) is 1. The molecule has 0 bridgehead atoms. The maximum Gasteiger partial charge on any atom is 0.261 e. The molecule has 1 atom stereocenters. The number of anilines is 1. The van der Waals surface area contributed by atoms with E-state index in [1.807, 2.05) is 18.2 Å². The van der Waals surface area contributed by atoms with Crippen LogP contribution in [0.2, 0.25) is 5.02 Å². The van der Waals surface area contributed by atoms with Gasteiger partial charge in [-0.05, 0) is 29.8 Å². The van der Waals surface area contributed by atoms with Crippen LogP contribution in [-0.4, -0.2) is 18.1 Å². The van der Waals surface area contributed by atoms with Gasteiger partial charge < -0.3 is 15.2 Å². The van der Waals surface area contributed by atoms with Crippen molar-refractivity contribution < 1.29 is 14.6 Å². The number of methoxy groups -OCH3 is 1. The molecule has 5 heteroatoms. The number of fused-ring (bicyclic) bond motifs is 1. The Morgan fingerprint density at radius 3 is 2.81 bits per heavy atom. The van der Waals surface area contributed by atoms with Crippen molar-refractivity contribution in [1.82, 2.24) is 0 Å². The van der Waals surface area contributed by atoms with E-state index in [0.717, 1.165) is 5.56 Å². The normalized spacial score (nSPS) is 20.0. The van der Waals surface area contributed by atoms with E-state index in [0.29, 0.717) is 22.0 Å². The first-order valence-electron chi connectivity index (χ1n) is 6.50. The third-order valence-electron chi connectivity index (χ3n) is 3.69. The van der Waals surface area contributed by atoms with Gasteiger partial charge in [-0.2, -0.15) is 0 Å². The third kappa shape index (κ3) is 2.26. The average Bonchev–Trinajstić information content (AvgIpc) is 2.72. The molecule has 0 saturated carbocycles. The van der Waals surface area contributed by atoms with Gasteiger partial charge >= 0.3 is 0 Å². The van der Waals surface area contributed by atoms with Crippen molar-refractivity contribution in [1.29, 1.82) is 0 Å². The Morgan fingerprint density at radius 1 is 1.29 bits per heavy atom. The average molecular weight is 304 g/mol. The van der Waals surface area contributed by atoms with Crippen molar-refractivity contribution in [2.45, 2.75) is 12.0 Å². The quantitative estimate of drug-likeness (QED) is 0.916. The zero-order valence-corrected chi connectivity index (χ0v) is 12.1. The van der Waals surface area contributed by atoms with Crippen molar-refractivity contribution >= 4 is 23.2 Å². The van der Waals surface area contributed by atoms with Crippen LogP contribution < -0.4 is 10.1 Å². The molecule has 108 valence electrons. The summed E-state index contributed by atoms with van der Waals surface area (Å²) in [6.07, 6.45) is 0.121. The van der Waals surface area contributed by atoms with Gasteiger partial charge in [-0.15, -0.1) is 0 Å². The molecule has 2 aromatic carbocycles. The summed E-state index contributed by atoms with van der Waals surface area (Å²) in [5, 5.41) is 14.0. The molecule has 0 saturated heterocycles. The second kappa shape index (κ2) is 5.06. The molecule has 4 nitrogen and oxygen atoms in total. The maximum atomic E-state index is 12.2. The van der Waals surface area contributed by atoms with E-state index < -0.39 is 11.5 Å². The first-order valence-corrected chi connectivity index (χ1v) is 6.88. The van der Waals surface area contributed by atoms with Crippen LogP contribution in [0, 0.1) is 0 Å². The smallest absolute Gasteiger partial charge is 0.261 e. The summed E-state index contributed by atoms with van der Waals surface area (Å²) in [6, 6.07) is 12.3. The summed E-state index contributed by atoms with van der Waals surface area (Å²) in [5.41, 5.74) is 0.188. The van der Waals surface area contributed by atoms with Gasteiger partial charge in [-0.1, -0.05) is 29.8 Å². The molecular formula is C16H14ClNO3. The van der Waals surface area contributed by atoms with Crippen LogP contribution in [0.1, 0.15) is 11.1 Å². The molecule has 2 aromatic rings. The highest BCUT2D eigenvalue weighted by Crippen LogP contribution is 2.40. The highest BCUT2D eigenvalue weighted by Gasteiger charge is 2.45. The molecule has 0 spiro atoms. The largest absolute Gasteiger partial charge is 0.496 e. The highest BCUT2D eigenvalue weighted by atomic mass is 35.5. The lowest BCUT2D eigenvalue weighted by atomic mass is 9.88. The lowest BCUT2D eigenvalue weighted by Crippen LogP contribution is -2.36. The predicted molar refractivity (Wildman–Crippen MR) is 80.7 cm³/mol. The van der Waals surface area contributed by atoms with Gasteiger partial charge in [-0.25, -0.2) is 0 Å². The molecule has 1 unspecified atom stereocenters. The number of aliphatic hydroxyl groups is 1. The van der Waals surface area contributed by atoms with Crippen molar-refractivity contribution in [3.63, 3.8) is 0 Å². The molecule has 21 heavy (non-hydrogen) atoms. The fourth-order valence-electron chi connectivity index (χ4n) is 2.62. The summed E-state index contributed by atoms with van der Waals surface area (Å²) in [5.74, 6) is 0.180. The SMILES string of the molecule is COc1ccccc1CC1(O)C(=O)Nc2ccc(Cl)cc21. The first-order chi connectivity index (χ1) is 10.0. The van der Waals surface area contributed by atoms with Gasteiger partial charge in [0.15, 0.2) is 5.60 Å². The molecule has 1 aliphatic heterocycles. The molecule has 0 fully saturated rings. The molecule has 1 amide bonds. The Bertz CT molecular complexity index is 716. The number of benzene rings is 2. The number of hydrogen-bond donors (Lipinski definition) is 2. The standard InChI is InChI=1S/C16H14ClNO3/c1-21-14-5-3-2-4-10(14)9-16(20)12-8-11(17)6-7-13(12)18-15(16)19/h2-8,20H,9H2,1H3,(H,18,19). The number of rotatable bonds is 3. The lowest BCUT2D eigenvalue weighted by Gasteiger charge is -2.22. The van der Waals surface area contributed by atoms with Crippen molar-refractivity contribution in [3.8, 4) is 5.75 Å². The van der Waals surface area contributed by atoms with Gasteiger partial charge in [0.1, 0.15) is 5.75 Å². The van der Waals surface area contributed by atoms with E-state index in [9.17, 15) is 9.90 Å². The molecular weight excluding hydrogens is 290 g/mol. The van der Waals surface area contributed by atoms with Gasteiger partial charge in [0.05, 0.1) is 7.11 Å². The van der Waals surface area contributed by atoms with Crippen LogP contribution in [0.5, 0.6) is 5.75 Å². The van der Waals surface area contributed by atoms with Crippen LogP contribution in [0.3, 0.4) is 0 Å². The number of carbonyl (C=O) groups is 1. The van der Waals surface area contributed by atoms with Gasteiger partial charge in [-0.3, -0.25) is 4.79 Å².